The summed E-state index contributed by atoms with van der Waals surface area (Å²) in [5.74, 6) is 0.762. The van der Waals surface area contributed by atoms with E-state index in [1.165, 1.54) is 11.3 Å². The lowest BCUT2D eigenvalue weighted by molar-refractivity contribution is -0.118. The summed E-state index contributed by atoms with van der Waals surface area (Å²) < 4.78 is 6.00. The second kappa shape index (κ2) is 10.9. The molecule has 3 rings (SSSR count). The molecule has 1 fully saturated rings. The first-order chi connectivity index (χ1) is 14.5. The van der Waals surface area contributed by atoms with Crippen LogP contribution in [0.3, 0.4) is 0 Å². The third-order valence-electron chi connectivity index (χ3n) is 4.90. The monoisotopic (exact) mass is 467 g/mol. The highest BCUT2D eigenvalue weighted by molar-refractivity contribution is 7.18. The van der Waals surface area contributed by atoms with Crippen LogP contribution in [0, 0.1) is 0 Å². The van der Waals surface area contributed by atoms with E-state index in [2.05, 4.69) is 0 Å². The van der Waals surface area contributed by atoms with Gasteiger partial charge in [0.05, 0.1) is 15.8 Å². The number of carbonyl (C=O) groups excluding carboxylic acids is 3. The zero-order valence-electron chi connectivity index (χ0n) is 16.4. The SMILES string of the molecule is O=C(CCCCCl)Cc1ccc(N2C[C@H](CCC(=O)c3ccc(Cl)s3)OC2=O)cc1. The number of ketones is 2. The van der Waals surface area contributed by atoms with Gasteiger partial charge < -0.3 is 4.74 Å². The van der Waals surface area contributed by atoms with Crippen LogP contribution in [0.5, 0.6) is 0 Å². The van der Waals surface area contributed by atoms with Gasteiger partial charge in [-0.05, 0) is 49.1 Å². The predicted molar refractivity (Wildman–Crippen MR) is 120 cm³/mol. The normalized spacial score (nSPS) is 16.0. The molecule has 1 amide bonds. The molecule has 0 radical (unpaired) electrons. The first-order valence-corrected chi connectivity index (χ1v) is 11.6. The number of hydrogen-bond acceptors (Lipinski definition) is 5. The van der Waals surface area contributed by atoms with E-state index in [1.807, 2.05) is 24.3 Å². The summed E-state index contributed by atoms with van der Waals surface area (Å²) in [5.41, 5.74) is 1.64. The fourth-order valence-corrected chi connectivity index (χ4v) is 4.49. The van der Waals surface area contributed by atoms with Crippen molar-refractivity contribution in [1.82, 2.24) is 0 Å². The third kappa shape index (κ3) is 6.30. The minimum Gasteiger partial charge on any atom is -0.444 e. The van der Waals surface area contributed by atoms with Crippen molar-refractivity contribution in [2.45, 2.75) is 44.6 Å². The van der Waals surface area contributed by atoms with E-state index in [0.717, 1.165) is 24.1 Å². The number of benzene rings is 1. The van der Waals surface area contributed by atoms with Crippen molar-refractivity contribution in [3.63, 3.8) is 0 Å². The molecule has 1 aliphatic heterocycles. The fraction of sp³-hybridized carbons (Fsp3) is 0.409. The zero-order chi connectivity index (χ0) is 21.5. The van der Waals surface area contributed by atoms with Crippen molar-refractivity contribution in [1.29, 1.82) is 0 Å². The number of carbonyl (C=O) groups is 3. The molecule has 0 saturated carbocycles. The van der Waals surface area contributed by atoms with E-state index in [9.17, 15) is 14.4 Å². The van der Waals surface area contributed by atoms with Crippen LogP contribution >= 0.6 is 34.5 Å². The Morgan fingerprint density at radius 1 is 1.10 bits per heavy atom. The van der Waals surface area contributed by atoms with E-state index in [-0.39, 0.29) is 17.7 Å². The van der Waals surface area contributed by atoms with Crippen molar-refractivity contribution in [2.24, 2.45) is 0 Å². The largest absolute Gasteiger partial charge is 0.444 e. The first kappa shape index (κ1) is 22.8. The molecule has 160 valence electrons. The van der Waals surface area contributed by atoms with E-state index in [1.54, 1.807) is 17.0 Å². The third-order valence-corrected chi connectivity index (χ3v) is 6.44. The average molecular weight is 468 g/mol. The molecule has 1 aliphatic rings. The second-order valence-electron chi connectivity index (χ2n) is 7.21. The molecule has 0 spiro atoms. The minimum atomic E-state index is -0.420. The maximum Gasteiger partial charge on any atom is 0.414 e. The van der Waals surface area contributed by atoms with Gasteiger partial charge in [-0.15, -0.1) is 22.9 Å². The molecular weight excluding hydrogens is 445 g/mol. The van der Waals surface area contributed by atoms with Crippen LogP contribution in [-0.4, -0.2) is 36.2 Å². The molecule has 1 aromatic carbocycles. The number of anilines is 1. The highest BCUT2D eigenvalue weighted by Crippen LogP contribution is 2.26. The number of nitrogens with zero attached hydrogens (tertiary/aromatic N) is 1. The molecule has 30 heavy (non-hydrogen) atoms. The van der Waals surface area contributed by atoms with Gasteiger partial charge in [-0.25, -0.2) is 4.79 Å². The van der Waals surface area contributed by atoms with Crippen molar-refractivity contribution in [2.75, 3.05) is 17.3 Å². The minimum absolute atomic E-state index is 0.00136. The molecule has 0 bridgehead atoms. The lowest BCUT2D eigenvalue weighted by Gasteiger charge is -2.13. The Bertz CT molecular complexity index is 897. The van der Waals surface area contributed by atoms with Crippen molar-refractivity contribution in [3.8, 4) is 0 Å². The second-order valence-corrected chi connectivity index (χ2v) is 9.30. The Hall–Kier alpha value is -1.89. The van der Waals surface area contributed by atoms with Crippen LogP contribution in [0.2, 0.25) is 4.34 Å². The number of Topliss-reactive ketones (excluding diaryl/α,β-unsaturated/α-hetero) is 2. The van der Waals surface area contributed by atoms with Gasteiger partial charge in [0.15, 0.2) is 5.78 Å². The molecule has 0 N–H and O–H groups in total. The number of hydrogen-bond donors (Lipinski definition) is 0. The molecule has 0 unspecified atom stereocenters. The first-order valence-electron chi connectivity index (χ1n) is 9.89. The quantitative estimate of drug-likeness (QED) is 0.234. The number of unbranched alkanes of at least 4 members (excludes halogenated alkanes) is 1. The smallest absolute Gasteiger partial charge is 0.414 e. The standard InChI is InChI=1S/C22H23Cl2NO4S/c23-12-2-1-3-17(26)13-15-4-6-16(7-5-15)25-14-18(29-22(25)28)8-9-19(27)20-10-11-21(24)30-20/h4-7,10-11,18H,1-3,8-9,12-14H2/t18-/m0/s1. The zero-order valence-corrected chi connectivity index (χ0v) is 18.8. The summed E-state index contributed by atoms with van der Waals surface area (Å²) in [6.07, 6.45) is 2.58. The van der Waals surface area contributed by atoms with E-state index >= 15 is 0 Å². The molecule has 5 nitrogen and oxygen atoms in total. The highest BCUT2D eigenvalue weighted by atomic mass is 35.5. The van der Waals surface area contributed by atoms with Gasteiger partial charge >= 0.3 is 6.09 Å². The van der Waals surface area contributed by atoms with Crippen LogP contribution < -0.4 is 4.90 Å². The molecule has 2 aromatic rings. The van der Waals surface area contributed by atoms with Crippen LogP contribution in [0.1, 0.15) is 47.3 Å². The number of alkyl halides is 1. The number of ether oxygens (including phenoxy) is 1. The summed E-state index contributed by atoms with van der Waals surface area (Å²) in [7, 11) is 0. The lowest BCUT2D eigenvalue weighted by atomic mass is 10.0. The van der Waals surface area contributed by atoms with Gasteiger partial charge in [-0.2, -0.15) is 0 Å². The molecule has 8 heteroatoms. The molecule has 2 heterocycles. The van der Waals surface area contributed by atoms with Gasteiger partial charge in [-0.3, -0.25) is 14.5 Å². The van der Waals surface area contributed by atoms with E-state index in [0.29, 0.717) is 47.3 Å². The topological polar surface area (TPSA) is 63.7 Å². The highest BCUT2D eigenvalue weighted by Gasteiger charge is 2.32. The van der Waals surface area contributed by atoms with Crippen LogP contribution in [-0.2, 0) is 16.0 Å². The van der Waals surface area contributed by atoms with Gasteiger partial charge in [-0.1, -0.05) is 23.7 Å². The lowest BCUT2D eigenvalue weighted by Crippen LogP contribution is -2.24. The molecule has 1 aromatic heterocycles. The predicted octanol–water partition coefficient (Wildman–Crippen LogP) is 5.91. The Labute approximate surface area is 189 Å². The van der Waals surface area contributed by atoms with Crippen LogP contribution in [0.4, 0.5) is 10.5 Å². The van der Waals surface area contributed by atoms with Crippen molar-refractivity contribution < 1.29 is 19.1 Å². The van der Waals surface area contributed by atoms with Gasteiger partial charge in [0.1, 0.15) is 11.9 Å². The van der Waals surface area contributed by atoms with Gasteiger partial charge in [0.25, 0.3) is 0 Å². The molecule has 1 saturated heterocycles. The maximum absolute atomic E-state index is 12.3. The summed E-state index contributed by atoms with van der Waals surface area (Å²) in [6.45, 7) is 0.397. The fourth-order valence-electron chi connectivity index (χ4n) is 3.29. The number of halogens is 2. The van der Waals surface area contributed by atoms with Crippen LogP contribution in [0.25, 0.3) is 0 Å². The van der Waals surface area contributed by atoms with Gasteiger partial charge in [0, 0.05) is 30.8 Å². The van der Waals surface area contributed by atoms with E-state index in [4.69, 9.17) is 27.9 Å². The number of thiophene rings is 1. The van der Waals surface area contributed by atoms with Crippen molar-refractivity contribution >= 4 is 57.9 Å². The summed E-state index contributed by atoms with van der Waals surface area (Å²) >= 11 is 12.8. The summed E-state index contributed by atoms with van der Waals surface area (Å²) in [5, 5.41) is 0. The molecule has 0 aliphatic carbocycles. The number of amides is 1. The molecule has 1 atom stereocenters. The Kier molecular flexibility index (Phi) is 8.31. The van der Waals surface area contributed by atoms with Crippen molar-refractivity contribution in [3.05, 3.63) is 51.2 Å². The summed E-state index contributed by atoms with van der Waals surface area (Å²) in [6, 6.07) is 10.8. The summed E-state index contributed by atoms with van der Waals surface area (Å²) in [4.78, 5) is 38.6. The number of rotatable bonds is 11. The Balaban J connectivity index is 1.49. The Morgan fingerprint density at radius 2 is 1.87 bits per heavy atom. The van der Waals surface area contributed by atoms with Gasteiger partial charge in [0.2, 0.25) is 0 Å². The Morgan fingerprint density at radius 3 is 2.53 bits per heavy atom. The molecular formula is C22H23Cl2NO4S. The number of cyclic esters (lactones) is 1. The van der Waals surface area contributed by atoms with Crippen LogP contribution in [0.15, 0.2) is 36.4 Å². The van der Waals surface area contributed by atoms with E-state index < -0.39 is 6.09 Å². The maximum atomic E-state index is 12.3. The average Bonchev–Trinajstić information content (AvgIpc) is 3.32.